The van der Waals surface area contributed by atoms with E-state index >= 15 is 0 Å². The summed E-state index contributed by atoms with van der Waals surface area (Å²) in [6.45, 7) is 5.25. The van der Waals surface area contributed by atoms with Crippen molar-refractivity contribution in [1.29, 1.82) is 0 Å². The van der Waals surface area contributed by atoms with Gasteiger partial charge < -0.3 is 5.32 Å². The average Bonchev–Trinajstić information content (AvgIpc) is 2.63. The van der Waals surface area contributed by atoms with E-state index in [2.05, 4.69) is 27.2 Å². The Balaban J connectivity index is 1.67. The van der Waals surface area contributed by atoms with E-state index in [9.17, 15) is 0 Å². The minimum atomic E-state index is 0.739. The maximum Gasteiger partial charge on any atom is 0.163 e. The van der Waals surface area contributed by atoms with Gasteiger partial charge in [0.05, 0.1) is 0 Å². The van der Waals surface area contributed by atoms with Crippen molar-refractivity contribution >= 4 is 5.82 Å². The van der Waals surface area contributed by atoms with Gasteiger partial charge in [0, 0.05) is 36.3 Å². The molecular formula is C21H32N4. The highest BCUT2D eigenvalue weighted by Gasteiger charge is 2.04. The fourth-order valence-electron chi connectivity index (χ4n) is 2.94. The zero-order valence-electron chi connectivity index (χ0n) is 15.8. The van der Waals surface area contributed by atoms with E-state index in [4.69, 9.17) is 0 Å². The van der Waals surface area contributed by atoms with E-state index in [0.717, 1.165) is 29.4 Å². The summed E-state index contributed by atoms with van der Waals surface area (Å²) in [6, 6.07) is 5.91. The highest BCUT2D eigenvalue weighted by Crippen LogP contribution is 2.17. The Morgan fingerprint density at radius 2 is 1.64 bits per heavy atom. The van der Waals surface area contributed by atoms with Crippen LogP contribution in [0.5, 0.6) is 0 Å². The van der Waals surface area contributed by atoms with E-state index in [1.807, 2.05) is 25.1 Å². The quantitative estimate of drug-likeness (QED) is 0.497. The predicted molar refractivity (Wildman–Crippen MR) is 106 cm³/mol. The van der Waals surface area contributed by atoms with Gasteiger partial charge in [0.15, 0.2) is 5.82 Å². The van der Waals surface area contributed by atoms with Gasteiger partial charge in [-0.25, -0.2) is 9.97 Å². The van der Waals surface area contributed by atoms with Gasteiger partial charge in [-0.3, -0.25) is 4.98 Å². The Kier molecular flexibility index (Phi) is 8.95. The molecule has 4 heteroatoms. The molecule has 2 heterocycles. The molecule has 0 atom stereocenters. The molecule has 0 aliphatic rings. The maximum absolute atomic E-state index is 4.62. The molecule has 2 aromatic rings. The molecule has 0 aromatic carbocycles. The van der Waals surface area contributed by atoms with Crippen molar-refractivity contribution in [2.75, 3.05) is 11.9 Å². The van der Waals surface area contributed by atoms with Gasteiger partial charge in [-0.05, 0) is 25.5 Å². The molecule has 0 saturated carbocycles. The molecule has 0 amide bonds. The molecule has 1 N–H and O–H groups in total. The summed E-state index contributed by atoms with van der Waals surface area (Å²) in [7, 11) is 0. The molecule has 0 unspecified atom stereocenters. The number of anilines is 1. The lowest BCUT2D eigenvalue weighted by Gasteiger charge is -2.08. The van der Waals surface area contributed by atoms with E-state index in [1.165, 1.54) is 57.8 Å². The number of nitrogens with zero attached hydrogens (tertiary/aromatic N) is 3. The van der Waals surface area contributed by atoms with E-state index < -0.39 is 0 Å². The maximum atomic E-state index is 4.62. The third-order valence-electron chi connectivity index (χ3n) is 4.36. The van der Waals surface area contributed by atoms with Crippen molar-refractivity contribution in [1.82, 2.24) is 15.0 Å². The molecule has 4 nitrogen and oxygen atoms in total. The first-order valence-electron chi connectivity index (χ1n) is 9.79. The third-order valence-corrected chi connectivity index (χ3v) is 4.36. The second-order valence-electron chi connectivity index (χ2n) is 6.72. The Labute approximate surface area is 152 Å². The van der Waals surface area contributed by atoms with Gasteiger partial charge in [0.1, 0.15) is 5.82 Å². The summed E-state index contributed by atoms with van der Waals surface area (Å²) >= 11 is 0. The fourth-order valence-corrected chi connectivity index (χ4v) is 2.94. The smallest absolute Gasteiger partial charge is 0.163 e. The molecule has 0 aliphatic heterocycles. The van der Waals surface area contributed by atoms with Crippen molar-refractivity contribution in [3.8, 4) is 11.4 Å². The number of hydrogen-bond acceptors (Lipinski definition) is 4. The van der Waals surface area contributed by atoms with Gasteiger partial charge in [-0.1, -0.05) is 58.3 Å². The van der Waals surface area contributed by atoms with Crippen LogP contribution in [0.1, 0.15) is 70.4 Å². The van der Waals surface area contributed by atoms with Crippen molar-refractivity contribution in [3.05, 3.63) is 36.3 Å². The standard InChI is InChI=1S/C21H32N4/c1-3-4-5-6-7-8-9-10-11-15-23-20-16-18(2)24-21(25-20)19-13-12-14-22-17-19/h12-14,16-17H,3-11,15H2,1-2H3,(H,23,24,25). The zero-order chi connectivity index (χ0) is 17.7. The number of nitrogens with one attached hydrogen (secondary N) is 1. The summed E-state index contributed by atoms with van der Waals surface area (Å²) < 4.78 is 0. The number of hydrogen-bond donors (Lipinski definition) is 1. The van der Waals surface area contributed by atoms with E-state index in [0.29, 0.717) is 0 Å². The molecule has 25 heavy (non-hydrogen) atoms. The Hall–Kier alpha value is -1.97. The number of aromatic nitrogens is 3. The van der Waals surface area contributed by atoms with Crippen LogP contribution < -0.4 is 5.32 Å². The van der Waals surface area contributed by atoms with Crippen LogP contribution in [0.4, 0.5) is 5.82 Å². The lowest BCUT2D eigenvalue weighted by Crippen LogP contribution is -2.05. The minimum Gasteiger partial charge on any atom is -0.370 e. The molecule has 2 aromatic heterocycles. The van der Waals surface area contributed by atoms with Crippen molar-refractivity contribution in [3.63, 3.8) is 0 Å². The minimum absolute atomic E-state index is 0.739. The summed E-state index contributed by atoms with van der Waals surface area (Å²) in [5, 5.41) is 3.44. The summed E-state index contributed by atoms with van der Waals surface area (Å²) in [6.07, 6.45) is 15.7. The second kappa shape index (κ2) is 11.6. The molecular weight excluding hydrogens is 308 g/mol. The number of pyridine rings is 1. The van der Waals surface area contributed by atoms with Crippen LogP contribution in [0.15, 0.2) is 30.6 Å². The highest BCUT2D eigenvalue weighted by atomic mass is 15.0. The van der Waals surface area contributed by atoms with E-state index in [1.54, 1.807) is 12.4 Å². The van der Waals surface area contributed by atoms with Gasteiger partial charge in [-0.2, -0.15) is 0 Å². The Bertz CT molecular complexity index is 598. The monoisotopic (exact) mass is 340 g/mol. The number of aryl methyl sites for hydroxylation is 1. The second-order valence-corrected chi connectivity index (χ2v) is 6.72. The summed E-state index contributed by atoms with van der Waals surface area (Å²) in [5.74, 6) is 1.65. The summed E-state index contributed by atoms with van der Waals surface area (Å²) in [5.41, 5.74) is 1.93. The van der Waals surface area contributed by atoms with Crippen LogP contribution >= 0.6 is 0 Å². The molecule has 0 fully saturated rings. The molecule has 0 radical (unpaired) electrons. The van der Waals surface area contributed by atoms with Crippen molar-refractivity contribution in [2.24, 2.45) is 0 Å². The van der Waals surface area contributed by atoms with Gasteiger partial charge in [-0.15, -0.1) is 0 Å². The Morgan fingerprint density at radius 1 is 0.920 bits per heavy atom. The largest absolute Gasteiger partial charge is 0.370 e. The first kappa shape index (κ1) is 19.4. The first-order valence-corrected chi connectivity index (χ1v) is 9.79. The molecule has 2 rings (SSSR count). The van der Waals surface area contributed by atoms with Crippen molar-refractivity contribution in [2.45, 2.75) is 71.6 Å². The van der Waals surface area contributed by atoms with Gasteiger partial charge in [0.2, 0.25) is 0 Å². The molecule has 0 saturated heterocycles. The lowest BCUT2D eigenvalue weighted by atomic mass is 10.1. The van der Waals surface area contributed by atoms with Crippen LogP contribution in [0.2, 0.25) is 0 Å². The normalized spacial score (nSPS) is 10.8. The van der Waals surface area contributed by atoms with Crippen molar-refractivity contribution < 1.29 is 0 Å². The molecule has 0 aliphatic carbocycles. The van der Waals surface area contributed by atoms with Crippen LogP contribution in [-0.4, -0.2) is 21.5 Å². The molecule has 0 bridgehead atoms. The zero-order valence-corrected chi connectivity index (χ0v) is 15.8. The van der Waals surface area contributed by atoms with Gasteiger partial charge >= 0.3 is 0 Å². The van der Waals surface area contributed by atoms with Crippen LogP contribution in [0.3, 0.4) is 0 Å². The predicted octanol–water partition coefficient (Wildman–Crippen LogP) is 5.79. The highest BCUT2D eigenvalue weighted by molar-refractivity contribution is 5.56. The Morgan fingerprint density at radius 3 is 2.32 bits per heavy atom. The number of rotatable bonds is 12. The first-order chi connectivity index (χ1) is 12.3. The summed E-state index contributed by atoms with van der Waals surface area (Å²) in [4.78, 5) is 13.3. The number of unbranched alkanes of at least 4 members (excludes halogenated alkanes) is 8. The third kappa shape index (κ3) is 7.63. The topological polar surface area (TPSA) is 50.7 Å². The van der Waals surface area contributed by atoms with Crippen LogP contribution in [-0.2, 0) is 0 Å². The molecule has 0 spiro atoms. The SMILES string of the molecule is CCCCCCCCCCCNc1cc(C)nc(-c2cccnc2)n1. The molecule has 136 valence electrons. The van der Waals surface area contributed by atoms with Crippen LogP contribution in [0, 0.1) is 6.92 Å². The lowest BCUT2D eigenvalue weighted by molar-refractivity contribution is 0.569. The van der Waals surface area contributed by atoms with Gasteiger partial charge in [0.25, 0.3) is 0 Å². The van der Waals surface area contributed by atoms with Crippen LogP contribution in [0.25, 0.3) is 11.4 Å². The fraction of sp³-hybridized carbons (Fsp3) is 0.571. The van der Waals surface area contributed by atoms with E-state index in [-0.39, 0.29) is 0 Å². The average molecular weight is 341 g/mol.